The van der Waals surface area contributed by atoms with Gasteiger partial charge in [0.1, 0.15) is 0 Å². The van der Waals surface area contributed by atoms with Gasteiger partial charge in [0, 0.05) is 13.2 Å². The third-order valence-electron chi connectivity index (χ3n) is 3.14. The van der Waals surface area contributed by atoms with Crippen LogP contribution in [0, 0.1) is 5.92 Å². The molecule has 0 amide bonds. The highest BCUT2D eigenvalue weighted by atomic mass is 16.5. The molecule has 1 rings (SSSR count). The highest BCUT2D eigenvalue weighted by Crippen LogP contribution is 2.36. The minimum atomic E-state index is 0.350. The fourth-order valence-electron chi connectivity index (χ4n) is 2.15. The van der Waals surface area contributed by atoms with Crippen LogP contribution >= 0.6 is 0 Å². The van der Waals surface area contributed by atoms with E-state index in [4.69, 9.17) is 9.47 Å². The fourth-order valence-corrected chi connectivity index (χ4v) is 2.15. The second-order valence-electron chi connectivity index (χ2n) is 4.89. The van der Waals surface area contributed by atoms with Crippen molar-refractivity contribution >= 4 is 0 Å². The van der Waals surface area contributed by atoms with Gasteiger partial charge in [-0.1, -0.05) is 13.8 Å². The topological polar surface area (TPSA) is 30.5 Å². The predicted octanol–water partition coefficient (Wildman–Crippen LogP) is 2.60. The molecule has 0 aromatic rings. The van der Waals surface area contributed by atoms with Crippen LogP contribution in [0.4, 0.5) is 0 Å². The summed E-state index contributed by atoms with van der Waals surface area (Å²) in [6, 6.07) is 0.369. The molecular formula is C14H29NO2. The molecule has 0 aromatic carbocycles. The van der Waals surface area contributed by atoms with Crippen molar-refractivity contribution in [3.05, 3.63) is 0 Å². The molecule has 0 spiro atoms. The lowest BCUT2D eigenvalue weighted by Crippen LogP contribution is -2.46. The van der Waals surface area contributed by atoms with Crippen LogP contribution in [0.3, 0.4) is 0 Å². The normalized spacial score (nSPS) is 19.2. The average molecular weight is 243 g/mol. The van der Waals surface area contributed by atoms with E-state index in [2.05, 4.69) is 26.1 Å². The summed E-state index contributed by atoms with van der Waals surface area (Å²) >= 11 is 0. The van der Waals surface area contributed by atoms with E-state index in [1.165, 1.54) is 12.8 Å². The van der Waals surface area contributed by atoms with Gasteiger partial charge < -0.3 is 14.8 Å². The molecular weight excluding hydrogens is 214 g/mol. The standard InChI is InChI=1S/C14H29NO2/c1-4-9-15-13(11-16-10-5-2)14(17-6-3)12-7-8-12/h12-15H,4-11H2,1-3H3. The largest absolute Gasteiger partial charge is 0.380 e. The Morgan fingerprint density at radius 2 is 1.94 bits per heavy atom. The van der Waals surface area contributed by atoms with Crippen molar-refractivity contribution in [3.63, 3.8) is 0 Å². The summed E-state index contributed by atoms with van der Waals surface area (Å²) in [5, 5.41) is 3.58. The molecule has 1 aliphatic carbocycles. The highest BCUT2D eigenvalue weighted by Gasteiger charge is 2.37. The molecule has 1 N–H and O–H groups in total. The maximum absolute atomic E-state index is 5.91. The Balaban J connectivity index is 2.39. The Kier molecular flexibility index (Phi) is 7.82. The number of hydrogen-bond acceptors (Lipinski definition) is 3. The van der Waals surface area contributed by atoms with Gasteiger partial charge in [0.15, 0.2) is 0 Å². The summed E-state index contributed by atoms with van der Waals surface area (Å²) in [6.07, 6.45) is 5.24. The van der Waals surface area contributed by atoms with Crippen LogP contribution in [-0.2, 0) is 9.47 Å². The number of ether oxygens (including phenoxy) is 2. The lowest BCUT2D eigenvalue weighted by molar-refractivity contribution is -0.0112. The minimum absolute atomic E-state index is 0.350. The zero-order valence-corrected chi connectivity index (χ0v) is 11.7. The van der Waals surface area contributed by atoms with Crippen molar-refractivity contribution in [2.75, 3.05) is 26.4 Å². The van der Waals surface area contributed by atoms with E-state index in [1.807, 2.05) is 0 Å². The fraction of sp³-hybridized carbons (Fsp3) is 1.00. The Morgan fingerprint density at radius 1 is 1.18 bits per heavy atom. The molecule has 0 aromatic heterocycles. The smallest absolute Gasteiger partial charge is 0.0778 e. The zero-order chi connectivity index (χ0) is 12.5. The Hall–Kier alpha value is -0.120. The van der Waals surface area contributed by atoms with Crippen LogP contribution in [0.25, 0.3) is 0 Å². The van der Waals surface area contributed by atoms with Crippen LogP contribution in [0.2, 0.25) is 0 Å². The maximum Gasteiger partial charge on any atom is 0.0778 e. The van der Waals surface area contributed by atoms with Crippen LogP contribution in [0.5, 0.6) is 0 Å². The van der Waals surface area contributed by atoms with Crippen molar-refractivity contribution in [2.24, 2.45) is 5.92 Å². The molecule has 0 saturated heterocycles. The van der Waals surface area contributed by atoms with Gasteiger partial charge in [-0.05, 0) is 45.1 Å². The SMILES string of the molecule is CCCNC(COCCC)C(OCC)C1CC1. The van der Waals surface area contributed by atoms with Crippen LogP contribution in [0.1, 0.15) is 46.5 Å². The van der Waals surface area contributed by atoms with E-state index in [0.29, 0.717) is 12.1 Å². The molecule has 102 valence electrons. The molecule has 0 aliphatic heterocycles. The molecule has 2 unspecified atom stereocenters. The van der Waals surface area contributed by atoms with Crippen LogP contribution < -0.4 is 5.32 Å². The lowest BCUT2D eigenvalue weighted by atomic mass is 10.1. The Labute approximate surface area is 106 Å². The summed E-state index contributed by atoms with van der Waals surface area (Å²) in [5.74, 6) is 0.759. The molecule has 1 fully saturated rings. The molecule has 17 heavy (non-hydrogen) atoms. The molecule has 3 nitrogen and oxygen atoms in total. The van der Waals surface area contributed by atoms with Gasteiger partial charge in [0.05, 0.1) is 18.8 Å². The number of rotatable bonds is 11. The van der Waals surface area contributed by atoms with Crippen LogP contribution in [-0.4, -0.2) is 38.5 Å². The third-order valence-corrected chi connectivity index (χ3v) is 3.14. The first kappa shape index (κ1) is 14.9. The van der Waals surface area contributed by atoms with Crippen LogP contribution in [0.15, 0.2) is 0 Å². The lowest BCUT2D eigenvalue weighted by Gasteiger charge is -2.28. The Bertz CT molecular complexity index is 183. The zero-order valence-electron chi connectivity index (χ0n) is 11.7. The van der Waals surface area contributed by atoms with E-state index in [0.717, 1.165) is 45.1 Å². The molecule has 0 heterocycles. The molecule has 3 heteroatoms. The molecule has 2 atom stereocenters. The summed E-state index contributed by atoms with van der Waals surface area (Å²) in [7, 11) is 0. The monoisotopic (exact) mass is 243 g/mol. The van der Waals surface area contributed by atoms with Gasteiger partial charge in [-0.25, -0.2) is 0 Å². The van der Waals surface area contributed by atoms with Crippen molar-refractivity contribution in [1.29, 1.82) is 0 Å². The minimum Gasteiger partial charge on any atom is -0.380 e. The van der Waals surface area contributed by atoms with Crippen molar-refractivity contribution < 1.29 is 9.47 Å². The van der Waals surface area contributed by atoms with E-state index >= 15 is 0 Å². The Morgan fingerprint density at radius 3 is 2.47 bits per heavy atom. The predicted molar refractivity (Wildman–Crippen MR) is 71.3 cm³/mol. The first-order valence-corrected chi connectivity index (χ1v) is 7.26. The molecule has 0 bridgehead atoms. The summed E-state index contributed by atoms with van der Waals surface area (Å²) in [6.45, 7) is 9.93. The first-order valence-electron chi connectivity index (χ1n) is 7.26. The van der Waals surface area contributed by atoms with Gasteiger partial charge in [-0.15, -0.1) is 0 Å². The maximum atomic E-state index is 5.91. The van der Waals surface area contributed by atoms with E-state index < -0.39 is 0 Å². The van der Waals surface area contributed by atoms with Gasteiger partial charge in [0.25, 0.3) is 0 Å². The first-order chi connectivity index (χ1) is 8.33. The van der Waals surface area contributed by atoms with Gasteiger partial charge in [0.2, 0.25) is 0 Å². The van der Waals surface area contributed by atoms with Crippen molar-refractivity contribution in [3.8, 4) is 0 Å². The molecule has 1 saturated carbocycles. The van der Waals surface area contributed by atoms with Gasteiger partial charge >= 0.3 is 0 Å². The van der Waals surface area contributed by atoms with Gasteiger partial charge in [-0.3, -0.25) is 0 Å². The second kappa shape index (κ2) is 8.90. The van der Waals surface area contributed by atoms with Crippen molar-refractivity contribution in [1.82, 2.24) is 5.32 Å². The summed E-state index contributed by atoms with van der Waals surface area (Å²) in [4.78, 5) is 0. The van der Waals surface area contributed by atoms with Crippen molar-refractivity contribution in [2.45, 2.75) is 58.6 Å². The average Bonchev–Trinajstić information content (AvgIpc) is 3.15. The summed E-state index contributed by atoms with van der Waals surface area (Å²) in [5.41, 5.74) is 0. The molecule has 0 radical (unpaired) electrons. The van der Waals surface area contributed by atoms with E-state index in [-0.39, 0.29) is 0 Å². The van der Waals surface area contributed by atoms with E-state index in [1.54, 1.807) is 0 Å². The highest BCUT2D eigenvalue weighted by molar-refractivity contribution is 4.90. The summed E-state index contributed by atoms with van der Waals surface area (Å²) < 4.78 is 11.6. The quantitative estimate of drug-likeness (QED) is 0.566. The van der Waals surface area contributed by atoms with Gasteiger partial charge in [-0.2, -0.15) is 0 Å². The second-order valence-corrected chi connectivity index (χ2v) is 4.89. The third kappa shape index (κ3) is 5.84. The number of nitrogens with one attached hydrogen (secondary N) is 1. The molecule has 1 aliphatic rings. The number of hydrogen-bond donors (Lipinski definition) is 1. The van der Waals surface area contributed by atoms with E-state index in [9.17, 15) is 0 Å².